The van der Waals surface area contributed by atoms with Crippen molar-refractivity contribution in [1.82, 2.24) is 10.6 Å². The van der Waals surface area contributed by atoms with E-state index in [0.717, 1.165) is 13.0 Å². The van der Waals surface area contributed by atoms with Crippen molar-refractivity contribution in [2.75, 3.05) is 20.1 Å². The molecule has 0 aromatic rings. The van der Waals surface area contributed by atoms with Crippen LogP contribution in [0.25, 0.3) is 0 Å². The number of hydrogen-bond donors (Lipinski definition) is 3. The summed E-state index contributed by atoms with van der Waals surface area (Å²) < 4.78 is 0. The fourth-order valence-electron chi connectivity index (χ4n) is 0.954. The van der Waals surface area contributed by atoms with Crippen molar-refractivity contribution in [3.63, 3.8) is 0 Å². The Morgan fingerprint density at radius 3 is 2.85 bits per heavy atom. The quantitative estimate of drug-likeness (QED) is 0.374. The Morgan fingerprint density at radius 2 is 2.38 bits per heavy atom. The van der Waals surface area contributed by atoms with Crippen molar-refractivity contribution < 1.29 is 4.79 Å². The molecule has 0 saturated heterocycles. The Balaban J connectivity index is 3.62. The summed E-state index contributed by atoms with van der Waals surface area (Å²) in [6.45, 7) is 4.91. The van der Waals surface area contributed by atoms with Crippen LogP contribution in [0.4, 0.5) is 0 Å². The van der Waals surface area contributed by atoms with E-state index in [1.54, 1.807) is 7.05 Å². The van der Waals surface area contributed by atoms with Crippen LogP contribution in [-0.4, -0.2) is 32.1 Å². The van der Waals surface area contributed by atoms with Crippen LogP contribution in [0.15, 0.2) is 12.7 Å². The highest BCUT2D eigenvalue weighted by atomic mass is 16.1. The van der Waals surface area contributed by atoms with E-state index < -0.39 is 0 Å². The molecule has 76 valence electrons. The predicted octanol–water partition coefficient (Wildman–Crippen LogP) is -0.384. The lowest BCUT2D eigenvalue weighted by Crippen LogP contribution is -2.40. The first-order chi connectivity index (χ1) is 6.24. The molecule has 0 heterocycles. The van der Waals surface area contributed by atoms with E-state index >= 15 is 0 Å². The second-order valence-corrected chi connectivity index (χ2v) is 2.84. The summed E-state index contributed by atoms with van der Waals surface area (Å²) >= 11 is 0. The summed E-state index contributed by atoms with van der Waals surface area (Å²) in [5.74, 6) is 0.0153. The molecular weight excluding hydrogens is 166 g/mol. The van der Waals surface area contributed by atoms with Gasteiger partial charge < -0.3 is 16.4 Å². The van der Waals surface area contributed by atoms with Gasteiger partial charge >= 0.3 is 0 Å². The normalized spacial score (nSPS) is 12.2. The Labute approximate surface area is 79.6 Å². The molecule has 1 amide bonds. The molecule has 1 atom stereocenters. The monoisotopic (exact) mass is 185 g/mol. The fraction of sp³-hybridized carbons (Fsp3) is 0.667. The Hall–Kier alpha value is -0.870. The largest absolute Gasteiger partial charge is 0.359 e. The molecule has 0 fully saturated rings. The fourth-order valence-corrected chi connectivity index (χ4v) is 0.954. The highest BCUT2D eigenvalue weighted by Crippen LogP contribution is 1.90. The second kappa shape index (κ2) is 7.76. The van der Waals surface area contributed by atoms with Gasteiger partial charge in [0, 0.05) is 26.1 Å². The van der Waals surface area contributed by atoms with Gasteiger partial charge in [-0.15, -0.1) is 6.58 Å². The van der Waals surface area contributed by atoms with E-state index in [9.17, 15) is 4.79 Å². The Morgan fingerprint density at radius 1 is 1.69 bits per heavy atom. The SMILES string of the molecule is C=CCCNC(CN)CC(=O)NC. The number of hydrogen-bond acceptors (Lipinski definition) is 3. The molecular formula is C9H19N3O. The molecule has 0 aromatic heterocycles. The summed E-state index contributed by atoms with van der Waals surface area (Å²) in [6, 6.07) is 0.0694. The standard InChI is InChI=1S/C9H19N3O/c1-3-4-5-12-8(7-10)6-9(13)11-2/h3,8,12H,1,4-7,10H2,2H3,(H,11,13). The van der Waals surface area contributed by atoms with Crippen LogP contribution in [-0.2, 0) is 4.79 Å². The van der Waals surface area contributed by atoms with Crippen molar-refractivity contribution in [2.45, 2.75) is 18.9 Å². The van der Waals surface area contributed by atoms with Crippen LogP contribution in [0.1, 0.15) is 12.8 Å². The molecule has 4 heteroatoms. The summed E-state index contributed by atoms with van der Waals surface area (Å²) in [5.41, 5.74) is 5.49. The lowest BCUT2D eigenvalue weighted by atomic mass is 10.2. The summed E-state index contributed by atoms with van der Waals surface area (Å²) in [5, 5.41) is 5.74. The number of amides is 1. The zero-order chi connectivity index (χ0) is 10.1. The van der Waals surface area contributed by atoms with Crippen molar-refractivity contribution in [3.8, 4) is 0 Å². The zero-order valence-electron chi connectivity index (χ0n) is 8.18. The number of nitrogens with two attached hydrogens (primary N) is 1. The Bertz CT molecular complexity index is 159. The number of nitrogens with one attached hydrogen (secondary N) is 2. The van der Waals surface area contributed by atoms with E-state index in [2.05, 4.69) is 17.2 Å². The minimum Gasteiger partial charge on any atom is -0.359 e. The third-order valence-corrected chi connectivity index (χ3v) is 1.78. The first-order valence-corrected chi connectivity index (χ1v) is 4.49. The number of carbonyl (C=O) groups is 1. The van der Waals surface area contributed by atoms with Crippen molar-refractivity contribution in [2.24, 2.45) is 5.73 Å². The average Bonchev–Trinajstić information content (AvgIpc) is 2.16. The number of carbonyl (C=O) groups excluding carboxylic acids is 1. The van der Waals surface area contributed by atoms with Crippen LogP contribution < -0.4 is 16.4 Å². The molecule has 0 spiro atoms. The molecule has 0 rings (SSSR count). The van der Waals surface area contributed by atoms with Gasteiger partial charge in [0.05, 0.1) is 0 Å². The van der Waals surface area contributed by atoms with Gasteiger partial charge in [0.2, 0.25) is 5.91 Å². The van der Waals surface area contributed by atoms with E-state index in [4.69, 9.17) is 5.73 Å². The zero-order valence-corrected chi connectivity index (χ0v) is 8.18. The lowest BCUT2D eigenvalue weighted by molar-refractivity contribution is -0.121. The number of rotatable bonds is 7. The van der Waals surface area contributed by atoms with Gasteiger partial charge in [-0.25, -0.2) is 0 Å². The minimum absolute atomic E-state index is 0.0153. The maximum Gasteiger partial charge on any atom is 0.221 e. The Kier molecular flexibility index (Phi) is 7.24. The van der Waals surface area contributed by atoms with Gasteiger partial charge in [0.1, 0.15) is 0 Å². The van der Waals surface area contributed by atoms with E-state index in [-0.39, 0.29) is 11.9 Å². The average molecular weight is 185 g/mol. The molecule has 0 aliphatic heterocycles. The lowest BCUT2D eigenvalue weighted by Gasteiger charge is -2.14. The highest BCUT2D eigenvalue weighted by molar-refractivity contribution is 5.76. The first-order valence-electron chi connectivity index (χ1n) is 4.49. The molecule has 1 unspecified atom stereocenters. The van der Waals surface area contributed by atoms with Gasteiger partial charge in [0.15, 0.2) is 0 Å². The molecule has 0 radical (unpaired) electrons. The predicted molar refractivity (Wildman–Crippen MR) is 54.3 cm³/mol. The second-order valence-electron chi connectivity index (χ2n) is 2.84. The summed E-state index contributed by atoms with van der Waals surface area (Å²) in [4.78, 5) is 11.0. The van der Waals surface area contributed by atoms with Gasteiger partial charge in [-0.05, 0) is 13.0 Å². The maximum atomic E-state index is 11.0. The molecule has 0 aliphatic rings. The van der Waals surface area contributed by atoms with Crippen LogP contribution in [0.5, 0.6) is 0 Å². The van der Waals surface area contributed by atoms with Crippen LogP contribution in [0.3, 0.4) is 0 Å². The van der Waals surface area contributed by atoms with E-state index in [1.165, 1.54) is 0 Å². The van der Waals surface area contributed by atoms with Gasteiger partial charge in [-0.3, -0.25) is 4.79 Å². The van der Waals surface area contributed by atoms with Crippen molar-refractivity contribution >= 4 is 5.91 Å². The molecule has 4 nitrogen and oxygen atoms in total. The summed E-state index contributed by atoms with van der Waals surface area (Å²) in [7, 11) is 1.62. The molecule has 0 aromatic carbocycles. The van der Waals surface area contributed by atoms with E-state index in [0.29, 0.717) is 13.0 Å². The minimum atomic E-state index is 0.0153. The molecule has 4 N–H and O–H groups in total. The van der Waals surface area contributed by atoms with Crippen LogP contribution in [0.2, 0.25) is 0 Å². The van der Waals surface area contributed by atoms with E-state index in [1.807, 2.05) is 6.08 Å². The molecule has 0 saturated carbocycles. The van der Waals surface area contributed by atoms with Crippen LogP contribution in [0, 0.1) is 0 Å². The van der Waals surface area contributed by atoms with Crippen molar-refractivity contribution in [1.29, 1.82) is 0 Å². The third-order valence-electron chi connectivity index (χ3n) is 1.78. The first kappa shape index (κ1) is 12.1. The summed E-state index contributed by atoms with van der Waals surface area (Å²) in [6.07, 6.45) is 3.16. The molecule has 13 heavy (non-hydrogen) atoms. The topological polar surface area (TPSA) is 67.1 Å². The maximum absolute atomic E-state index is 11.0. The molecule has 0 bridgehead atoms. The van der Waals surface area contributed by atoms with Gasteiger partial charge in [0.25, 0.3) is 0 Å². The van der Waals surface area contributed by atoms with Crippen molar-refractivity contribution in [3.05, 3.63) is 12.7 Å². The molecule has 0 aliphatic carbocycles. The van der Waals surface area contributed by atoms with Gasteiger partial charge in [-0.1, -0.05) is 6.08 Å². The highest BCUT2D eigenvalue weighted by Gasteiger charge is 2.09. The van der Waals surface area contributed by atoms with Gasteiger partial charge in [-0.2, -0.15) is 0 Å². The van der Waals surface area contributed by atoms with Crippen LogP contribution >= 0.6 is 0 Å². The third kappa shape index (κ3) is 6.31. The smallest absolute Gasteiger partial charge is 0.221 e.